The van der Waals surface area contributed by atoms with E-state index in [-0.39, 0.29) is 11.9 Å². The van der Waals surface area contributed by atoms with Crippen LogP contribution in [0.25, 0.3) is 0 Å². The smallest absolute Gasteiger partial charge is 0.340 e. The molecule has 1 heterocycles. The molecule has 0 bridgehead atoms. The summed E-state index contributed by atoms with van der Waals surface area (Å²) in [6, 6.07) is 1.68. The zero-order valence-corrected chi connectivity index (χ0v) is 11.3. The highest BCUT2D eigenvalue weighted by atomic mass is 19.1. The van der Waals surface area contributed by atoms with Gasteiger partial charge in [-0.3, -0.25) is 10.1 Å². The van der Waals surface area contributed by atoms with Crippen LogP contribution in [-0.4, -0.2) is 37.3 Å². The predicted octanol–water partition coefficient (Wildman–Crippen LogP) is 2.08. The Labute approximate surface area is 119 Å². The van der Waals surface area contributed by atoms with Crippen molar-refractivity contribution in [3.05, 3.63) is 33.6 Å². The van der Waals surface area contributed by atoms with Crippen molar-refractivity contribution in [2.45, 2.75) is 18.9 Å². The molecular weight excluding hydrogens is 285 g/mol. The van der Waals surface area contributed by atoms with Crippen LogP contribution in [0.1, 0.15) is 23.2 Å². The van der Waals surface area contributed by atoms with Crippen LogP contribution in [-0.2, 0) is 9.47 Å². The molecule has 8 heteroatoms. The fourth-order valence-electron chi connectivity index (χ4n) is 2.02. The van der Waals surface area contributed by atoms with Gasteiger partial charge in [0.15, 0.2) is 5.75 Å². The number of methoxy groups -OCH3 is 1. The molecular formula is C13H14FNO6. The summed E-state index contributed by atoms with van der Waals surface area (Å²) in [5.74, 6) is -2.08. The first-order valence-corrected chi connectivity index (χ1v) is 6.33. The van der Waals surface area contributed by atoms with Crippen molar-refractivity contribution in [3.63, 3.8) is 0 Å². The molecule has 21 heavy (non-hydrogen) atoms. The SMILES string of the molecule is COC(=O)c1cc(OC2CCOCC2)c([N+](=O)[O-])cc1F. The Morgan fingerprint density at radius 1 is 1.43 bits per heavy atom. The highest BCUT2D eigenvalue weighted by Gasteiger charge is 2.26. The van der Waals surface area contributed by atoms with Crippen molar-refractivity contribution in [2.75, 3.05) is 20.3 Å². The summed E-state index contributed by atoms with van der Waals surface area (Å²) >= 11 is 0. The molecule has 1 aliphatic rings. The van der Waals surface area contributed by atoms with Crippen LogP contribution in [0, 0.1) is 15.9 Å². The molecule has 1 aromatic carbocycles. The molecule has 0 saturated carbocycles. The van der Waals surface area contributed by atoms with Gasteiger partial charge in [-0.15, -0.1) is 0 Å². The van der Waals surface area contributed by atoms with Gasteiger partial charge in [0.25, 0.3) is 0 Å². The number of halogens is 1. The van der Waals surface area contributed by atoms with E-state index in [9.17, 15) is 19.3 Å². The minimum absolute atomic E-state index is 0.145. The molecule has 1 aromatic rings. The minimum Gasteiger partial charge on any atom is -0.483 e. The fourth-order valence-corrected chi connectivity index (χ4v) is 2.02. The number of carbonyl (C=O) groups is 1. The lowest BCUT2D eigenvalue weighted by Gasteiger charge is -2.23. The van der Waals surface area contributed by atoms with Gasteiger partial charge in [0.1, 0.15) is 11.9 Å². The largest absolute Gasteiger partial charge is 0.483 e. The van der Waals surface area contributed by atoms with Gasteiger partial charge in [0.2, 0.25) is 0 Å². The number of benzene rings is 1. The maximum Gasteiger partial charge on any atom is 0.340 e. The van der Waals surface area contributed by atoms with Crippen molar-refractivity contribution in [2.24, 2.45) is 0 Å². The average Bonchev–Trinajstić information content (AvgIpc) is 2.48. The summed E-state index contributed by atoms with van der Waals surface area (Å²) in [4.78, 5) is 21.7. The van der Waals surface area contributed by atoms with Gasteiger partial charge in [-0.1, -0.05) is 0 Å². The Hall–Kier alpha value is -2.22. The molecule has 0 atom stereocenters. The topological polar surface area (TPSA) is 87.9 Å². The summed E-state index contributed by atoms with van der Waals surface area (Å²) in [7, 11) is 1.10. The molecule has 0 amide bonds. The van der Waals surface area contributed by atoms with Gasteiger partial charge < -0.3 is 14.2 Å². The van der Waals surface area contributed by atoms with Gasteiger partial charge in [0.05, 0.1) is 36.9 Å². The lowest BCUT2D eigenvalue weighted by Crippen LogP contribution is -2.26. The molecule has 0 radical (unpaired) electrons. The van der Waals surface area contributed by atoms with Gasteiger partial charge in [-0.2, -0.15) is 0 Å². The lowest BCUT2D eigenvalue weighted by molar-refractivity contribution is -0.386. The summed E-state index contributed by atoms with van der Waals surface area (Å²) in [6.45, 7) is 0.979. The number of hydrogen-bond donors (Lipinski definition) is 0. The highest BCUT2D eigenvalue weighted by Crippen LogP contribution is 2.32. The number of nitro benzene ring substituents is 1. The number of esters is 1. The lowest BCUT2D eigenvalue weighted by atomic mass is 10.1. The second-order valence-electron chi connectivity index (χ2n) is 4.48. The molecule has 7 nitrogen and oxygen atoms in total. The summed E-state index contributed by atoms with van der Waals surface area (Å²) < 4.78 is 28.9. The Morgan fingerprint density at radius 2 is 2.10 bits per heavy atom. The van der Waals surface area contributed by atoms with Crippen molar-refractivity contribution in [3.8, 4) is 5.75 Å². The highest BCUT2D eigenvalue weighted by molar-refractivity contribution is 5.90. The second-order valence-corrected chi connectivity index (χ2v) is 4.48. The number of ether oxygens (including phenoxy) is 3. The van der Waals surface area contributed by atoms with E-state index in [4.69, 9.17) is 9.47 Å². The molecule has 0 aliphatic carbocycles. The normalized spacial score (nSPS) is 15.5. The first kappa shape index (κ1) is 15.2. The monoisotopic (exact) mass is 299 g/mol. The van der Waals surface area contributed by atoms with Crippen LogP contribution < -0.4 is 4.74 Å². The molecule has 1 aliphatic heterocycles. The van der Waals surface area contributed by atoms with Gasteiger partial charge in [-0.25, -0.2) is 9.18 Å². The number of hydrogen-bond acceptors (Lipinski definition) is 6. The van der Waals surface area contributed by atoms with Crippen molar-refractivity contribution < 1.29 is 28.3 Å². The zero-order valence-electron chi connectivity index (χ0n) is 11.3. The van der Waals surface area contributed by atoms with E-state index in [1.807, 2.05) is 0 Å². The first-order chi connectivity index (χ1) is 10.0. The van der Waals surface area contributed by atoms with E-state index in [1.54, 1.807) is 0 Å². The third kappa shape index (κ3) is 3.46. The van der Waals surface area contributed by atoms with Crippen LogP contribution >= 0.6 is 0 Å². The quantitative estimate of drug-likeness (QED) is 0.480. The fraction of sp³-hybridized carbons (Fsp3) is 0.462. The van der Waals surface area contributed by atoms with Crippen LogP contribution in [0.2, 0.25) is 0 Å². The Balaban J connectivity index is 2.35. The van der Waals surface area contributed by atoms with E-state index in [0.29, 0.717) is 32.1 Å². The van der Waals surface area contributed by atoms with Crippen LogP contribution in [0.5, 0.6) is 5.75 Å². The third-order valence-electron chi connectivity index (χ3n) is 3.11. The number of rotatable bonds is 4. The van der Waals surface area contributed by atoms with Crippen molar-refractivity contribution in [1.82, 2.24) is 0 Å². The second kappa shape index (κ2) is 6.49. The number of nitro groups is 1. The van der Waals surface area contributed by atoms with E-state index >= 15 is 0 Å². The van der Waals surface area contributed by atoms with Crippen molar-refractivity contribution in [1.29, 1.82) is 0 Å². The molecule has 1 saturated heterocycles. The number of carbonyl (C=O) groups excluding carboxylic acids is 1. The molecule has 2 rings (SSSR count). The third-order valence-corrected chi connectivity index (χ3v) is 3.11. The minimum atomic E-state index is -1.02. The van der Waals surface area contributed by atoms with Crippen LogP contribution in [0.4, 0.5) is 10.1 Å². The predicted molar refractivity (Wildman–Crippen MR) is 68.9 cm³/mol. The van der Waals surface area contributed by atoms with Gasteiger partial charge >= 0.3 is 11.7 Å². The Morgan fingerprint density at radius 3 is 2.67 bits per heavy atom. The first-order valence-electron chi connectivity index (χ1n) is 6.33. The zero-order chi connectivity index (χ0) is 15.4. The average molecular weight is 299 g/mol. The molecule has 114 valence electrons. The molecule has 1 fully saturated rings. The summed E-state index contributed by atoms with van der Waals surface area (Å²) in [6.07, 6.45) is 0.873. The van der Waals surface area contributed by atoms with Gasteiger partial charge in [-0.05, 0) is 0 Å². The standard InChI is InChI=1S/C13H14FNO6/c1-19-13(16)9-6-12(11(15(17)18)7-10(9)14)21-8-2-4-20-5-3-8/h6-8H,2-5H2,1H3. The Bertz CT molecular complexity index is 556. The maximum absolute atomic E-state index is 13.7. The van der Waals surface area contributed by atoms with E-state index in [2.05, 4.69) is 4.74 Å². The molecule has 0 N–H and O–H groups in total. The van der Waals surface area contributed by atoms with Gasteiger partial charge in [0, 0.05) is 18.9 Å². The maximum atomic E-state index is 13.7. The summed E-state index contributed by atoms with van der Waals surface area (Å²) in [5, 5.41) is 11.0. The van der Waals surface area contributed by atoms with E-state index in [1.165, 1.54) is 0 Å². The Kier molecular flexibility index (Phi) is 4.69. The van der Waals surface area contributed by atoms with Crippen LogP contribution in [0.3, 0.4) is 0 Å². The summed E-state index contributed by atoms with van der Waals surface area (Å²) in [5.41, 5.74) is -0.920. The number of nitrogens with zero attached hydrogens (tertiary/aromatic N) is 1. The van der Waals surface area contributed by atoms with E-state index in [0.717, 1.165) is 13.2 Å². The molecule has 0 aromatic heterocycles. The molecule has 0 unspecified atom stereocenters. The van der Waals surface area contributed by atoms with Crippen molar-refractivity contribution >= 4 is 11.7 Å². The van der Waals surface area contributed by atoms with E-state index < -0.39 is 28.0 Å². The van der Waals surface area contributed by atoms with Crippen LogP contribution in [0.15, 0.2) is 12.1 Å². The molecule has 0 spiro atoms.